The predicted molar refractivity (Wildman–Crippen MR) is 107 cm³/mol. The van der Waals surface area contributed by atoms with Gasteiger partial charge in [-0.05, 0) is 61.6 Å². The van der Waals surface area contributed by atoms with Crippen LogP contribution in [0.5, 0.6) is 5.75 Å². The smallest absolute Gasteiger partial charge is 0.224 e. The SMILES string of the molecule is COc1ccc(CCCC(=O)Nc2ccc3nc(C4CCC4)[nH]c3c2)cc1. The lowest BCUT2D eigenvalue weighted by atomic mass is 9.85. The van der Waals surface area contributed by atoms with E-state index in [1.165, 1.54) is 24.8 Å². The van der Waals surface area contributed by atoms with E-state index in [2.05, 4.69) is 15.3 Å². The van der Waals surface area contributed by atoms with Crippen LogP contribution in [0, 0.1) is 0 Å². The molecule has 0 bridgehead atoms. The Morgan fingerprint density at radius 2 is 2.04 bits per heavy atom. The highest BCUT2D eigenvalue weighted by Crippen LogP contribution is 2.35. The molecule has 1 aliphatic rings. The first-order valence-electron chi connectivity index (χ1n) is 9.64. The highest BCUT2D eigenvalue weighted by Gasteiger charge is 2.22. The van der Waals surface area contributed by atoms with Crippen LogP contribution < -0.4 is 10.1 Å². The number of anilines is 1. The third-order valence-electron chi connectivity index (χ3n) is 5.30. The Hall–Kier alpha value is -2.82. The molecule has 140 valence electrons. The lowest BCUT2D eigenvalue weighted by molar-refractivity contribution is -0.116. The Kier molecular flexibility index (Phi) is 5.10. The van der Waals surface area contributed by atoms with Crippen molar-refractivity contribution in [1.82, 2.24) is 9.97 Å². The number of aromatic amines is 1. The van der Waals surface area contributed by atoms with E-state index in [1.54, 1.807) is 7.11 Å². The third kappa shape index (κ3) is 4.13. The number of carbonyl (C=O) groups excluding carboxylic acids is 1. The van der Waals surface area contributed by atoms with Crippen molar-refractivity contribution in [3.63, 3.8) is 0 Å². The molecule has 0 saturated heterocycles. The van der Waals surface area contributed by atoms with Crippen molar-refractivity contribution in [3.8, 4) is 5.75 Å². The number of H-pyrrole nitrogens is 1. The lowest BCUT2D eigenvalue weighted by Crippen LogP contribution is -2.11. The van der Waals surface area contributed by atoms with Gasteiger partial charge in [-0.3, -0.25) is 4.79 Å². The summed E-state index contributed by atoms with van der Waals surface area (Å²) in [5, 5.41) is 3.00. The summed E-state index contributed by atoms with van der Waals surface area (Å²) in [6.07, 6.45) is 5.92. The maximum absolute atomic E-state index is 12.3. The van der Waals surface area contributed by atoms with E-state index >= 15 is 0 Å². The maximum Gasteiger partial charge on any atom is 0.224 e. The molecule has 1 saturated carbocycles. The summed E-state index contributed by atoms with van der Waals surface area (Å²) >= 11 is 0. The van der Waals surface area contributed by atoms with Gasteiger partial charge in [0.05, 0.1) is 18.1 Å². The average molecular weight is 363 g/mol. The molecule has 1 fully saturated rings. The summed E-state index contributed by atoms with van der Waals surface area (Å²) < 4.78 is 5.16. The molecule has 1 amide bonds. The van der Waals surface area contributed by atoms with Crippen LogP contribution in [0.3, 0.4) is 0 Å². The molecule has 1 heterocycles. The number of fused-ring (bicyclic) bond motifs is 1. The van der Waals surface area contributed by atoms with E-state index in [0.29, 0.717) is 12.3 Å². The van der Waals surface area contributed by atoms with Crippen LogP contribution in [0.1, 0.15) is 49.4 Å². The topological polar surface area (TPSA) is 67.0 Å². The molecule has 0 aliphatic heterocycles. The number of hydrogen-bond donors (Lipinski definition) is 2. The Labute approximate surface area is 159 Å². The second-order valence-corrected chi connectivity index (χ2v) is 7.23. The summed E-state index contributed by atoms with van der Waals surface area (Å²) in [6, 6.07) is 13.9. The fraction of sp³-hybridized carbons (Fsp3) is 0.364. The Morgan fingerprint density at radius 1 is 1.22 bits per heavy atom. The number of aromatic nitrogens is 2. The van der Waals surface area contributed by atoms with E-state index < -0.39 is 0 Å². The van der Waals surface area contributed by atoms with Crippen LogP contribution in [0.15, 0.2) is 42.5 Å². The molecule has 1 aliphatic carbocycles. The number of hydrogen-bond acceptors (Lipinski definition) is 3. The molecule has 2 aromatic carbocycles. The van der Waals surface area contributed by atoms with Gasteiger partial charge in [-0.25, -0.2) is 4.98 Å². The summed E-state index contributed by atoms with van der Waals surface area (Å²) in [4.78, 5) is 20.3. The van der Waals surface area contributed by atoms with Gasteiger partial charge < -0.3 is 15.0 Å². The molecule has 2 N–H and O–H groups in total. The average Bonchev–Trinajstić information content (AvgIpc) is 3.03. The summed E-state index contributed by atoms with van der Waals surface area (Å²) in [7, 11) is 1.66. The number of methoxy groups -OCH3 is 1. The van der Waals surface area contributed by atoms with Crippen molar-refractivity contribution in [3.05, 3.63) is 53.9 Å². The van der Waals surface area contributed by atoms with Gasteiger partial charge in [0.2, 0.25) is 5.91 Å². The number of imidazole rings is 1. The van der Waals surface area contributed by atoms with Crippen LogP contribution >= 0.6 is 0 Å². The molecule has 27 heavy (non-hydrogen) atoms. The molecule has 0 atom stereocenters. The van der Waals surface area contributed by atoms with Crippen LogP contribution in [0.25, 0.3) is 11.0 Å². The van der Waals surface area contributed by atoms with Gasteiger partial charge in [-0.15, -0.1) is 0 Å². The highest BCUT2D eigenvalue weighted by atomic mass is 16.5. The van der Waals surface area contributed by atoms with Crippen molar-refractivity contribution in [2.24, 2.45) is 0 Å². The minimum Gasteiger partial charge on any atom is -0.497 e. The van der Waals surface area contributed by atoms with E-state index in [1.807, 2.05) is 42.5 Å². The zero-order valence-corrected chi connectivity index (χ0v) is 15.6. The van der Waals surface area contributed by atoms with Gasteiger partial charge in [0.1, 0.15) is 11.6 Å². The molecule has 3 aromatic rings. The largest absolute Gasteiger partial charge is 0.497 e. The van der Waals surface area contributed by atoms with Crippen molar-refractivity contribution in [2.45, 2.75) is 44.4 Å². The quantitative estimate of drug-likeness (QED) is 0.633. The fourth-order valence-corrected chi connectivity index (χ4v) is 3.45. The molecule has 0 unspecified atom stereocenters. The molecular formula is C22H25N3O2. The Morgan fingerprint density at radius 3 is 2.74 bits per heavy atom. The standard InChI is InChI=1S/C22H25N3O2/c1-27-18-11-8-15(9-12-18)4-2-7-21(26)23-17-10-13-19-20(14-17)25-22(24-19)16-5-3-6-16/h8-14,16H,2-7H2,1H3,(H,23,26)(H,24,25). The first kappa shape index (κ1) is 17.6. The van der Waals surface area contributed by atoms with Crippen LogP contribution in [0.2, 0.25) is 0 Å². The normalized spacial score (nSPS) is 14.1. The van der Waals surface area contributed by atoms with Crippen molar-refractivity contribution >= 4 is 22.6 Å². The number of carbonyl (C=O) groups is 1. The van der Waals surface area contributed by atoms with Crippen LogP contribution in [-0.4, -0.2) is 23.0 Å². The number of nitrogens with zero attached hydrogens (tertiary/aromatic N) is 1. The lowest BCUT2D eigenvalue weighted by Gasteiger charge is -2.22. The summed E-state index contributed by atoms with van der Waals surface area (Å²) in [5.74, 6) is 2.56. The van der Waals surface area contributed by atoms with Gasteiger partial charge in [0.25, 0.3) is 0 Å². The monoisotopic (exact) mass is 363 g/mol. The highest BCUT2D eigenvalue weighted by molar-refractivity contribution is 5.93. The number of rotatable bonds is 7. The van der Waals surface area contributed by atoms with Gasteiger partial charge in [0, 0.05) is 18.0 Å². The Balaban J connectivity index is 1.30. The second kappa shape index (κ2) is 7.82. The Bertz CT molecular complexity index is 926. The maximum atomic E-state index is 12.3. The number of benzene rings is 2. The predicted octanol–water partition coefficient (Wildman–Crippen LogP) is 4.80. The van der Waals surface area contributed by atoms with Crippen molar-refractivity contribution < 1.29 is 9.53 Å². The van der Waals surface area contributed by atoms with Crippen LogP contribution in [-0.2, 0) is 11.2 Å². The number of amides is 1. The fourth-order valence-electron chi connectivity index (χ4n) is 3.45. The minimum atomic E-state index is 0.0431. The zero-order chi connectivity index (χ0) is 18.6. The number of nitrogens with one attached hydrogen (secondary N) is 2. The van der Waals surface area contributed by atoms with Crippen molar-refractivity contribution in [1.29, 1.82) is 0 Å². The van der Waals surface area contributed by atoms with Gasteiger partial charge in [-0.2, -0.15) is 0 Å². The van der Waals surface area contributed by atoms with E-state index in [4.69, 9.17) is 4.74 Å². The summed E-state index contributed by atoms with van der Waals surface area (Å²) in [5.41, 5.74) is 3.99. The number of ether oxygens (including phenoxy) is 1. The zero-order valence-electron chi connectivity index (χ0n) is 15.6. The third-order valence-corrected chi connectivity index (χ3v) is 5.30. The second-order valence-electron chi connectivity index (χ2n) is 7.23. The summed E-state index contributed by atoms with van der Waals surface area (Å²) in [6.45, 7) is 0. The van der Waals surface area contributed by atoms with Gasteiger partial charge >= 0.3 is 0 Å². The van der Waals surface area contributed by atoms with Gasteiger partial charge in [-0.1, -0.05) is 18.6 Å². The van der Waals surface area contributed by atoms with E-state index in [-0.39, 0.29) is 5.91 Å². The molecule has 5 nitrogen and oxygen atoms in total. The molecular weight excluding hydrogens is 338 g/mol. The van der Waals surface area contributed by atoms with Crippen LogP contribution in [0.4, 0.5) is 5.69 Å². The molecule has 0 spiro atoms. The molecule has 4 rings (SSSR count). The first-order chi connectivity index (χ1) is 13.2. The first-order valence-corrected chi connectivity index (χ1v) is 9.64. The van der Waals surface area contributed by atoms with Gasteiger partial charge in [0.15, 0.2) is 0 Å². The molecule has 5 heteroatoms. The molecule has 0 radical (unpaired) electrons. The molecule has 1 aromatic heterocycles. The minimum absolute atomic E-state index is 0.0431. The number of aryl methyl sites for hydroxylation is 1. The van der Waals surface area contributed by atoms with E-state index in [0.717, 1.165) is 41.1 Å². The van der Waals surface area contributed by atoms with E-state index in [9.17, 15) is 4.79 Å². The van der Waals surface area contributed by atoms with Crippen molar-refractivity contribution in [2.75, 3.05) is 12.4 Å².